The number of benzene rings is 1. The molecule has 5 heteroatoms. The highest BCUT2D eigenvalue weighted by atomic mass is 16.6. The first-order chi connectivity index (χ1) is 13.2. The molecule has 0 bridgehead atoms. The van der Waals surface area contributed by atoms with Gasteiger partial charge < -0.3 is 9.64 Å². The van der Waals surface area contributed by atoms with Crippen LogP contribution in [0, 0.1) is 5.92 Å². The Bertz CT molecular complexity index is 702. The number of carbonyl (C=O) groups is 2. The van der Waals surface area contributed by atoms with Gasteiger partial charge in [-0.25, -0.2) is 0 Å². The molecule has 0 N–H and O–H groups in total. The summed E-state index contributed by atoms with van der Waals surface area (Å²) in [5.41, 5.74) is 0.711. The number of hydrogen-bond donors (Lipinski definition) is 0. The van der Waals surface area contributed by atoms with Gasteiger partial charge in [-0.3, -0.25) is 14.5 Å². The minimum Gasteiger partial charge on any atom is -0.458 e. The molecule has 1 aromatic rings. The maximum atomic E-state index is 13.1. The molecule has 3 fully saturated rings. The summed E-state index contributed by atoms with van der Waals surface area (Å²) in [5, 5.41) is 0. The van der Waals surface area contributed by atoms with Gasteiger partial charge >= 0.3 is 5.97 Å². The number of piperazine rings is 1. The molecule has 3 aliphatic rings. The van der Waals surface area contributed by atoms with Gasteiger partial charge in [-0.1, -0.05) is 42.5 Å². The van der Waals surface area contributed by atoms with E-state index in [0.717, 1.165) is 58.4 Å². The van der Waals surface area contributed by atoms with E-state index in [4.69, 9.17) is 4.74 Å². The van der Waals surface area contributed by atoms with Crippen LogP contribution in [0.3, 0.4) is 0 Å². The van der Waals surface area contributed by atoms with Crippen molar-refractivity contribution in [2.45, 2.75) is 37.7 Å². The first-order valence-corrected chi connectivity index (χ1v) is 10.1. The SMILES string of the molecule is O=C1C[C@@H](C(=O)N2CCN(C/C=C/c3ccccc3)CC2)C2(CCCC2)O1. The molecule has 27 heavy (non-hydrogen) atoms. The van der Waals surface area contributed by atoms with Gasteiger partial charge in [-0.05, 0) is 31.2 Å². The molecule has 1 atom stereocenters. The summed E-state index contributed by atoms with van der Waals surface area (Å²) >= 11 is 0. The minimum atomic E-state index is -0.496. The smallest absolute Gasteiger partial charge is 0.307 e. The first kappa shape index (κ1) is 18.2. The maximum Gasteiger partial charge on any atom is 0.307 e. The van der Waals surface area contributed by atoms with E-state index in [9.17, 15) is 9.59 Å². The quantitative estimate of drug-likeness (QED) is 0.767. The van der Waals surface area contributed by atoms with E-state index >= 15 is 0 Å². The van der Waals surface area contributed by atoms with Crippen molar-refractivity contribution in [3.63, 3.8) is 0 Å². The standard InChI is InChI=1S/C22H28N2O3/c25-20-17-19(22(27-20)10-4-5-11-22)21(26)24-15-13-23(14-16-24)12-6-9-18-7-2-1-3-8-18/h1-3,6-9,19H,4-5,10-17H2/b9-6+/t19-/m0/s1. The van der Waals surface area contributed by atoms with E-state index in [2.05, 4.69) is 29.2 Å². The molecule has 5 nitrogen and oxygen atoms in total. The molecule has 1 aromatic carbocycles. The van der Waals surface area contributed by atoms with Gasteiger partial charge in [0.05, 0.1) is 12.3 Å². The predicted molar refractivity (Wildman–Crippen MR) is 104 cm³/mol. The van der Waals surface area contributed by atoms with Gasteiger partial charge in [0, 0.05) is 32.7 Å². The zero-order valence-electron chi connectivity index (χ0n) is 15.8. The lowest BCUT2D eigenvalue weighted by atomic mass is 9.84. The van der Waals surface area contributed by atoms with Crippen LogP contribution in [-0.2, 0) is 14.3 Å². The Morgan fingerprint density at radius 3 is 2.52 bits per heavy atom. The van der Waals surface area contributed by atoms with Crippen molar-refractivity contribution >= 4 is 18.0 Å². The van der Waals surface area contributed by atoms with Crippen molar-refractivity contribution in [3.05, 3.63) is 42.0 Å². The van der Waals surface area contributed by atoms with Crippen molar-refractivity contribution in [1.29, 1.82) is 0 Å². The fraction of sp³-hybridized carbons (Fsp3) is 0.545. The second-order valence-corrected chi connectivity index (χ2v) is 7.94. The Kier molecular flexibility index (Phi) is 5.30. The average molecular weight is 368 g/mol. The van der Waals surface area contributed by atoms with E-state index < -0.39 is 5.60 Å². The molecule has 1 aliphatic carbocycles. The Morgan fingerprint density at radius 1 is 1.11 bits per heavy atom. The van der Waals surface area contributed by atoms with E-state index in [-0.39, 0.29) is 24.2 Å². The van der Waals surface area contributed by atoms with Crippen molar-refractivity contribution in [3.8, 4) is 0 Å². The molecule has 2 aliphatic heterocycles. The molecular formula is C22H28N2O3. The van der Waals surface area contributed by atoms with Gasteiger partial charge in [0.1, 0.15) is 5.60 Å². The Balaban J connectivity index is 1.29. The average Bonchev–Trinajstić information content (AvgIpc) is 3.29. The number of hydrogen-bond acceptors (Lipinski definition) is 4. The van der Waals surface area contributed by atoms with Crippen molar-refractivity contribution in [1.82, 2.24) is 9.80 Å². The van der Waals surface area contributed by atoms with E-state index in [0.29, 0.717) is 0 Å². The largest absolute Gasteiger partial charge is 0.458 e. The van der Waals surface area contributed by atoms with Crippen LogP contribution in [0.15, 0.2) is 36.4 Å². The molecule has 0 radical (unpaired) electrons. The second-order valence-electron chi connectivity index (χ2n) is 7.94. The zero-order chi connectivity index (χ0) is 18.7. The Morgan fingerprint density at radius 2 is 1.81 bits per heavy atom. The fourth-order valence-electron chi connectivity index (χ4n) is 4.70. The summed E-state index contributed by atoms with van der Waals surface area (Å²) < 4.78 is 5.64. The van der Waals surface area contributed by atoms with E-state index in [1.807, 2.05) is 23.1 Å². The highest BCUT2D eigenvalue weighted by molar-refractivity contribution is 5.88. The van der Waals surface area contributed by atoms with Gasteiger partial charge in [-0.2, -0.15) is 0 Å². The molecule has 2 saturated heterocycles. The molecule has 0 aromatic heterocycles. The van der Waals surface area contributed by atoms with Crippen molar-refractivity contribution in [2.75, 3.05) is 32.7 Å². The molecule has 0 unspecified atom stereocenters. The number of amides is 1. The Labute approximate surface area is 161 Å². The van der Waals surface area contributed by atoms with Crippen LogP contribution < -0.4 is 0 Å². The summed E-state index contributed by atoms with van der Waals surface area (Å²) in [4.78, 5) is 29.3. The molecule has 1 saturated carbocycles. The number of rotatable bonds is 4. The lowest BCUT2D eigenvalue weighted by Gasteiger charge is -2.37. The third kappa shape index (κ3) is 3.93. The molecule has 1 spiro atoms. The topological polar surface area (TPSA) is 49.9 Å². The predicted octanol–water partition coefficient (Wildman–Crippen LogP) is 2.72. The summed E-state index contributed by atoms with van der Waals surface area (Å²) in [6, 6.07) is 10.3. The lowest BCUT2D eigenvalue weighted by Crippen LogP contribution is -2.52. The van der Waals surface area contributed by atoms with Crippen LogP contribution in [0.2, 0.25) is 0 Å². The zero-order valence-corrected chi connectivity index (χ0v) is 15.8. The monoisotopic (exact) mass is 368 g/mol. The number of ether oxygens (including phenoxy) is 1. The highest BCUT2D eigenvalue weighted by Crippen LogP contribution is 2.46. The highest BCUT2D eigenvalue weighted by Gasteiger charge is 2.54. The van der Waals surface area contributed by atoms with Gasteiger partial charge in [0.25, 0.3) is 0 Å². The van der Waals surface area contributed by atoms with Crippen LogP contribution in [0.1, 0.15) is 37.7 Å². The normalized spacial score (nSPS) is 25.4. The number of nitrogens with zero attached hydrogens (tertiary/aromatic N) is 2. The van der Waals surface area contributed by atoms with Gasteiger partial charge in [0.15, 0.2) is 0 Å². The van der Waals surface area contributed by atoms with Crippen LogP contribution in [0.25, 0.3) is 6.08 Å². The third-order valence-corrected chi connectivity index (χ3v) is 6.23. The van der Waals surface area contributed by atoms with Gasteiger partial charge in [0.2, 0.25) is 5.91 Å². The van der Waals surface area contributed by atoms with Crippen LogP contribution in [-0.4, -0.2) is 60.0 Å². The molecule has 4 rings (SSSR count). The third-order valence-electron chi connectivity index (χ3n) is 6.23. The molecule has 1 amide bonds. The van der Waals surface area contributed by atoms with Crippen molar-refractivity contribution < 1.29 is 14.3 Å². The maximum absolute atomic E-state index is 13.1. The summed E-state index contributed by atoms with van der Waals surface area (Å²) in [7, 11) is 0. The lowest BCUT2D eigenvalue weighted by molar-refractivity contribution is -0.152. The molecule has 2 heterocycles. The number of esters is 1. The van der Waals surface area contributed by atoms with Crippen LogP contribution in [0.5, 0.6) is 0 Å². The Hall–Kier alpha value is -2.14. The van der Waals surface area contributed by atoms with E-state index in [1.165, 1.54) is 5.56 Å². The number of carbonyl (C=O) groups excluding carboxylic acids is 2. The summed E-state index contributed by atoms with van der Waals surface area (Å²) in [6.45, 7) is 4.11. The van der Waals surface area contributed by atoms with Crippen LogP contribution >= 0.6 is 0 Å². The van der Waals surface area contributed by atoms with Crippen molar-refractivity contribution in [2.24, 2.45) is 5.92 Å². The summed E-state index contributed by atoms with van der Waals surface area (Å²) in [5.74, 6) is -0.334. The summed E-state index contributed by atoms with van der Waals surface area (Å²) in [6.07, 6.45) is 8.39. The molecular weight excluding hydrogens is 340 g/mol. The first-order valence-electron chi connectivity index (χ1n) is 10.1. The van der Waals surface area contributed by atoms with E-state index in [1.54, 1.807) is 0 Å². The van der Waals surface area contributed by atoms with Crippen LogP contribution in [0.4, 0.5) is 0 Å². The fourth-order valence-corrected chi connectivity index (χ4v) is 4.70. The van der Waals surface area contributed by atoms with Gasteiger partial charge in [-0.15, -0.1) is 0 Å². The molecule has 144 valence electrons. The minimum absolute atomic E-state index is 0.127. The second kappa shape index (κ2) is 7.85.